The van der Waals surface area contributed by atoms with Crippen LogP contribution in [0, 0.1) is 17.8 Å². The Labute approximate surface area is 81.0 Å². The lowest BCUT2D eigenvalue weighted by Crippen LogP contribution is -2.33. The van der Waals surface area contributed by atoms with Crippen LogP contribution >= 0.6 is 0 Å². The number of rotatable bonds is 2. The Bertz CT molecular complexity index is 148. The highest BCUT2D eigenvalue weighted by molar-refractivity contribution is 4.79. The molecule has 2 saturated heterocycles. The van der Waals surface area contributed by atoms with Gasteiger partial charge in [0.25, 0.3) is 0 Å². The fourth-order valence-corrected chi connectivity index (χ4v) is 2.72. The summed E-state index contributed by atoms with van der Waals surface area (Å²) >= 11 is 0. The van der Waals surface area contributed by atoms with Crippen molar-refractivity contribution >= 4 is 0 Å². The number of nitrogens with one attached hydrogen (secondary N) is 1. The van der Waals surface area contributed by atoms with E-state index in [1.54, 1.807) is 0 Å². The predicted molar refractivity (Wildman–Crippen MR) is 53.7 cm³/mol. The van der Waals surface area contributed by atoms with Crippen LogP contribution in [0.15, 0.2) is 0 Å². The van der Waals surface area contributed by atoms with E-state index in [1.807, 2.05) is 0 Å². The van der Waals surface area contributed by atoms with E-state index >= 15 is 0 Å². The van der Waals surface area contributed by atoms with Crippen molar-refractivity contribution in [3.8, 4) is 0 Å². The molecule has 13 heavy (non-hydrogen) atoms. The van der Waals surface area contributed by atoms with Crippen molar-refractivity contribution in [1.29, 1.82) is 0 Å². The molecule has 0 aromatic carbocycles. The molecule has 2 rings (SSSR count). The van der Waals surface area contributed by atoms with Crippen LogP contribution in [-0.2, 0) is 4.74 Å². The monoisotopic (exact) mass is 183 g/mol. The van der Waals surface area contributed by atoms with Gasteiger partial charge >= 0.3 is 0 Å². The summed E-state index contributed by atoms with van der Waals surface area (Å²) in [6, 6.07) is 0. The van der Waals surface area contributed by atoms with Crippen LogP contribution in [0.2, 0.25) is 0 Å². The summed E-state index contributed by atoms with van der Waals surface area (Å²) in [7, 11) is 0. The Morgan fingerprint density at radius 1 is 1.15 bits per heavy atom. The molecule has 2 heterocycles. The lowest BCUT2D eigenvalue weighted by atomic mass is 9.78. The van der Waals surface area contributed by atoms with Crippen molar-refractivity contribution in [1.82, 2.24) is 5.32 Å². The smallest absolute Gasteiger partial charge is 0.0497 e. The summed E-state index contributed by atoms with van der Waals surface area (Å²) in [5.41, 5.74) is 0. The fraction of sp³-hybridized carbons (Fsp3) is 1.00. The molecule has 0 aromatic heterocycles. The van der Waals surface area contributed by atoms with E-state index in [4.69, 9.17) is 4.74 Å². The van der Waals surface area contributed by atoms with Crippen LogP contribution in [0.4, 0.5) is 0 Å². The molecule has 0 spiro atoms. The Morgan fingerprint density at radius 2 is 1.92 bits per heavy atom. The Hall–Kier alpha value is -0.0800. The van der Waals surface area contributed by atoms with Gasteiger partial charge in [-0.1, -0.05) is 6.92 Å². The van der Waals surface area contributed by atoms with Crippen LogP contribution in [0.3, 0.4) is 0 Å². The Morgan fingerprint density at radius 3 is 2.54 bits per heavy atom. The SMILES string of the molecule is CC(C1CCNCC1)C1CCOC1. The van der Waals surface area contributed by atoms with Crippen LogP contribution in [0.1, 0.15) is 26.2 Å². The molecule has 2 fully saturated rings. The van der Waals surface area contributed by atoms with Gasteiger partial charge in [0, 0.05) is 13.2 Å². The molecular formula is C11H21NO. The quantitative estimate of drug-likeness (QED) is 0.703. The second kappa shape index (κ2) is 4.43. The maximum atomic E-state index is 5.45. The predicted octanol–water partition coefficient (Wildman–Crippen LogP) is 1.66. The molecule has 2 nitrogen and oxygen atoms in total. The topological polar surface area (TPSA) is 21.3 Å². The summed E-state index contributed by atoms with van der Waals surface area (Å²) in [6.07, 6.45) is 4.04. The van der Waals surface area contributed by atoms with Gasteiger partial charge in [0.05, 0.1) is 0 Å². The summed E-state index contributed by atoms with van der Waals surface area (Å²) in [5.74, 6) is 2.68. The highest BCUT2D eigenvalue weighted by Crippen LogP contribution is 2.32. The molecular weight excluding hydrogens is 162 g/mol. The van der Waals surface area contributed by atoms with Gasteiger partial charge < -0.3 is 10.1 Å². The minimum absolute atomic E-state index is 0.850. The molecule has 0 aromatic rings. The zero-order chi connectivity index (χ0) is 9.10. The van der Waals surface area contributed by atoms with Gasteiger partial charge in [0.2, 0.25) is 0 Å². The number of ether oxygens (including phenoxy) is 1. The van der Waals surface area contributed by atoms with Gasteiger partial charge in [0.15, 0.2) is 0 Å². The van der Waals surface area contributed by atoms with E-state index in [2.05, 4.69) is 12.2 Å². The van der Waals surface area contributed by atoms with E-state index in [0.29, 0.717) is 0 Å². The maximum absolute atomic E-state index is 5.45. The average molecular weight is 183 g/mol. The van der Waals surface area contributed by atoms with Gasteiger partial charge in [-0.05, 0) is 50.1 Å². The normalized spacial score (nSPS) is 33.5. The minimum atomic E-state index is 0.850. The third kappa shape index (κ3) is 2.23. The van der Waals surface area contributed by atoms with Crippen LogP contribution in [0.5, 0.6) is 0 Å². The van der Waals surface area contributed by atoms with Crippen LogP contribution in [-0.4, -0.2) is 26.3 Å². The molecule has 2 heteroatoms. The zero-order valence-electron chi connectivity index (χ0n) is 8.59. The molecule has 0 bridgehead atoms. The standard InChI is InChI=1S/C11H21NO/c1-9(11-4-7-13-8-11)10-2-5-12-6-3-10/h9-12H,2-8H2,1H3. The third-order valence-corrected chi connectivity index (χ3v) is 3.84. The summed E-state index contributed by atoms with van der Waals surface area (Å²) in [4.78, 5) is 0. The largest absolute Gasteiger partial charge is 0.381 e. The van der Waals surface area contributed by atoms with Crippen molar-refractivity contribution in [3.05, 3.63) is 0 Å². The highest BCUT2D eigenvalue weighted by Gasteiger charge is 2.29. The van der Waals surface area contributed by atoms with Crippen molar-refractivity contribution in [2.24, 2.45) is 17.8 Å². The van der Waals surface area contributed by atoms with Gasteiger partial charge in [-0.25, -0.2) is 0 Å². The first-order valence-corrected chi connectivity index (χ1v) is 5.66. The first-order valence-electron chi connectivity index (χ1n) is 5.66. The second-order valence-corrected chi connectivity index (χ2v) is 4.57. The molecule has 1 N–H and O–H groups in total. The third-order valence-electron chi connectivity index (χ3n) is 3.84. The first kappa shape index (κ1) is 9.47. The molecule has 0 amide bonds. The van der Waals surface area contributed by atoms with Crippen molar-refractivity contribution < 1.29 is 4.74 Å². The van der Waals surface area contributed by atoms with Crippen molar-refractivity contribution in [3.63, 3.8) is 0 Å². The number of hydrogen-bond acceptors (Lipinski definition) is 2. The van der Waals surface area contributed by atoms with Gasteiger partial charge in [-0.3, -0.25) is 0 Å². The average Bonchev–Trinajstić information content (AvgIpc) is 2.71. The van der Waals surface area contributed by atoms with E-state index < -0.39 is 0 Å². The van der Waals surface area contributed by atoms with Crippen molar-refractivity contribution in [2.75, 3.05) is 26.3 Å². The van der Waals surface area contributed by atoms with Crippen molar-refractivity contribution in [2.45, 2.75) is 26.2 Å². The molecule has 0 radical (unpaired) electrons. The molecule has 2 aliphatic heterocycles. The van der Waals surface area contributed by atoms with E-state index in [9.17, 15) is 0 Å². The number of hydrogen-bond donors (Lipinski definition) is 1. The molecule has 76 valence electrons. The molecule has 0 aliphatic carbocycles. The van der Waals surface area contributed by atoms with Crippen LogP contribution < -0.4 is 5.32 Å². The second-order valence-electron chi connectivity index (χ2n) is 4.57. The summed E-state index contributed by atoms with van der Waals surface area (Å²) in [5, 5.41) is 3.43. The minimum Gasteiger partial charge on any atom is -0.381 e. The molecule has 2 unspecified atom stereocenters. The lowest BCUT2D eigenvalue weighted by molar-refractivity contribution is 0.148. The van der Waals surface area contributed by atoms with E-state index in [0.717, 1.165) is 31.0 Å². The Balaban J connectivity index is 1.83. The first-order chi connectivity index (χ1) is 6.38. The summed E-state index contributed by atoms with van der Waals surface area (Å²) < 4.78 is 5.45. The Kier molecular flexibility index (Phi) is 3.23. The molecule has 2 aliphatic rings. The number of piperidine rings is 1. The maximum Gasteiger partial charge on any atom is 0.0497 e. The highest BCUT2D eigenvalue weighted by atomic mass is 16.5. The zero-order valence-corrected chi connectivity index (χ0v) is 8.59. The molecule has 2 atom stereocenters. The molecule has 0 saturated carbocycles. The van der Waals surface area contributed by atoms with E-state index in [1.165, 1.54) is 32.4 Å². The van der Waals surface area contributed by atoms with E-state index in [-0.39, 0.29) is 0 Å². The van der Waals surface area contributed by atoms with Gasteiger partial charge in [0.1, 0.15) is 0 Å². The summed E-state index contributed by atoms with van der Waals surface area (Å²) in [6.45, 7) is 6.89. The lowest BCUT2D eigenvalue weighted by Gasteiger charge is -2.31. The van der Waals surface area contributed by atoms with Gasteiger partial charge in [-0.15, -0.1) is 0 Å². The van der Waals surface area contributed by atoms with Gasteiger partial charge in [-0.2, -0.15) is 0 Å². The van der Waals surface area contributed by atoms with Crippen LogP contribution in [0.25, 0.3) is 0 Å². The fourth-order valence-electron chi connectivity index (χ4n) is 2.72.